The highest BCUT2D eigenvalue weighted by atomic mass is 35.5. The summed E-state index contributed by atoms with van der Waals surface area (Å²) in [7, 11) is 0. The molecule has 4 rings (SSSR count). The quantitative estimate of drug-likeness (QED) is 0.846. The van der Waals surface area contributed by atoms with Crippen LogP contribution in [0.4, 0.5) is 0 Å². The molecule has 3 nitrogen and oxygen atoms in total. The second-order valence-corrected chi connectivity index (χ2v) is 7.98. The lowest BCUT2D eigenvalue weighted by molar-refractivity contribution is -0.138. The molecule has 2 aliphatic carbocycles. The second-order valence-electron chi connectivity index (χ2n) is 7.55. The van der Waals surface area contributed by atoms with Crippen molar-refractivity contribution in [2.24, 2.45) is 23.7 Å². The maximum atomic E-state index is 12.8. The number of carbonyl (C=O) groups excluding carboxylic acids is 1. The summed E-state index contributed by atoms with van der Waals surface area (Å²) in [5.74, 6) is 1.87. The minimum Gasteiger partial charge on any atom is -0.388 e. The van der Waals surface area contributed by atoms with Gasteiger partial charge in [0, 0.05) is 24.0 Å². The van der Waals surface area contributed by atoms with Gasteiger partial charge in [-0.15, -0.1) is 0 Å². The van der Waals surface area contributed by atoms with Crippen LogP contribution in [0.25, 0.3) is 0 Å². The molecule has 2 bridgehead atoms. The summed E-state index contributed by atoms with van der Waals surface area (Å²) < 4.78 is 0. The summed E-state index contributed by atoms with van der Waals surface area (Å²) in [6.07, 6.45) is 8.00. The van der Waals surface area contributed by atoms with Crippen molar-refractivity contribution in [2.75, 3.05) is 13.1 Å². The van der Waals surface area contributed by atoms with Crippen LogP contribution in [0, 0.1) is 23.7 Å². The Morgan fingerprint density at radius 3 is 2.42 bits per heavy atom. The standard InChI is InChI=1S/C20H24ClNO2/c21-17-5-3-14(4-6-17)19(23)15-7-9-22(10-8-15)20(24)18-12-13-1-2-16(18)11-13/h1-6,13,15-16,18-19,23H,7-12H2/t13-,16-,18-,19-/m0/s1. The Kier molecular flexibility index (Phi) is 4.40. The Labute approximate surface area is 148 Å². The number of hydrogen-bond donors (Lipinski definition) is 1. The fourth-order valence-corrected chi connectivity index (χ4v) is 4.79. The van der Waals surface area contributed by atoms with Crippen molar-refractivity contribution in [1.29, 1.82) is 0 Å². The molecule has 0 spiro atoms. The molecule has 1 N–H and O–H groups in total. The van der Waals surface area contributed by atoms with Crippen molar-refractivity contribution in [3.05, 3.63) is 47.0 Å². The predicted molar refractivity (Wildman–Crippen MR) is 94.6 cm³/mol. The zero-order chi connectivity index (χ0) is 16.7. The molecule has 4 atom stereocenters. The number of amides is 1. The predicted octanol–water partition coefficient (Wildman–Crippen LogP) is 3.82. The van der Waals surface area contributed by atoms with Gasteiger partial charge >= 0.3 is 0 Å². The Morgan fingerprint density at radius 1 is 1.12 bits per heavy atom. The monoisotopic (exact) mass is 345 g/mol. The molecule has 0 unspecified atom stereocenters. The van der Waals surface area contributed by atoms with Gasteiger partial charge in [0.2, 0.25) is 5.91 Å². The normalized spacial score (nSPS) is 30.8. The second kappa shape index (κ2) is 6.53. The number of carbonyl (C=O) groups is 1. The van der Waals surface area contributed by atoms with E-state index in [0.717, 1.165) is 37.9 Å². The molecular formula is C20H24ClNO2. The van der Waals surface area contributed by atoms with Gasteiger partial charge in [0.1, 0.15) is 0 Å². The van der Waals surface area contributed by atoms with Gasteiger partial charge in [-0.3, -0.25) is 4.79 Å². The smallest absolute Gasteiger partial charge is 0.226 e. The molecule has 1 amide bonds. The highest BCUT2D eigenvalue weighted by molar-refractivity contribution is 6.30. The van der Waals surface area contributed by atoms with Crippen LogP contribution >= 0.6 is 11.6 Å². The number of rotatable bonds is 3. The molecule has 1 saturated heterocycles. The van der Waals surface area contributed by atoms with E-state index in [1.807, 2.05) is 29.2 Å². The first-order chi connectivity index (χ1) is 11.6. The van der Waals surface area contributed by atoms with Gasteiger partial charge in [-0.1, -0.05) is 35.9 Å². The van der Waals surface area contributed by atoms with Crippen molar-refractivity contribution in [3.8, 4) is 0 Å². The molecular weight excluding hydrogens is 322 g/mol. The van der Waals surface area contributed by atoms with Crippen molar-refractivity contribution >= 4 is 17.5 Å². The molecule has 4 heteroatoms. The molecule has 0 radical (unpaired) electrons. The summed E-state index contributed by atoms with van der Waals surface area (Å²) in [5, 5.41) is 11.3. The van der Waals surface area contributed by atoms with Crippen LogP contribution in [0.3, 0.4) is 0 Å². The van der Waals surface area contributed by atoms with E-state index in [1.54, 1.807) is 0 Å². The minimum absolute atomic E-state index is 0.206. The van der Waals surface area contributed by atoms with Gasteiger partial charge in [-0.2, -0.15) is 0 Å². The number of nitrogens with zero attached hydrogens (tertiary/aromatic N) is 1. The Hall–Kier alpha value is -1.32. The number of hydrogen-bond acceptors (Lipinski definition) is 2. The number of aliphatic hydroxyl groups excluding tert-OH is 1. The van der Waals surface area contributed by atoms with E-state index in [-0.39, 0.29) is 11.8 Å². The number of piperidine rings is 1. The molecule has 1 aliphatic heterocycles. The van der Waals surface area contributed by atoms with Gasteiger partial charge in [-0.25, -0.2) is 0 Å². The van der Waals surface area contributed by atoms with E-state index in [4.69, 9.17) is 11.6 Å². The maximum absolute atomic E-state index is 12.8. The molecule has 1 saturated carbocycles. The molecule has 1 aromatic carbocycles. The summed E-state index contributed by atoms with van der Waals surface area (Å²) in [4.78, 5) is 14.8. The summed E-state index contributed by atoms with van der Waals surface area (Å²) in [5.41, 5.74) is 0.919. The average Bonchev–Trinajstić information content (AvgIpc) is 3.25. The first-order valence-corrected chi connectivity index (χ1v) is 9.40. The van der Waals surface area contributed by atoms with Crippen LogP contribution < -0.4 is 0 Å². The van der Waals surface area contributed by atoms with Gasteiger partial charge < -0.3 is 10.0 Å². The zero-order valence-electron chi connectivity index (χ0n) is 13.8. The lowest BCUT2D eigenvalue weighted by Gasteiger charge is -2.36. The van der Waals surface area contributed by atoms with E-state index >= 15 is 0 Å². The van der Waals surface area contributed by atoms with Gasteiger partial charge in [0.25, 0.3) is 0 Å². The topological polar surface area (TPSA) is 40.5 Å². The SMILES string of the molecule is O=C([C@H]1C[C@H]2C=C[C@H]1C2)N1CCC([C@@H](O)c2ccc(Cl)cc2)CC1. The Balaban J connectivity index is 1.34. The van der Waals surface area contributed by atoms with Crippen molar-refractivity contribution < 1.29 is 9.90 Å². The molecule has 1 aromatic rings. The molecule has 2 fully saturated rings. The number of halogens is 1. The van der Waals surface area contributed by atoms with Crippen molar-refractivity contribution in [2.45, 2.75) is 31.8 Å². The summed E-state index contributed by atoms with van der Waals surface area (Å²) >= 11 is 5.91. The van der Waals surface area contributed by atoms with Crippen LogP contribution in [-0.2, 0) is 4.79 Å². The van der Waals surface area contributed by atoms with Crippen LogP contribution in [0.15, 0.2) is 36.4 Å². The fourth-order valence-electron chi connectivity index (χ4n) is 4.67. The maximum Gasteiger partial charge on any atom is 0.226 e. The number of fused-ring (bicyclic) bond motifs is 2. The highest BCUT2D eigenvalue weighted by Gasteiger charge is 2.42. The molecule has 3 aliphatic rings. The third-order valence-electron chi connectivity index (χ3n) is 6.11. The molecule has 1 heterocycles. The lowest BCUT2D eigenvalue weighted by Crippen LogP contribution is -2.43. The number of benzene rings is 1. The Morgan fingerprint density at radius 2 is 1.83 bits per heavy atom. The molecule has 24 heavy (non-hydrogen) atoms. The number of likely N-dealkylation sites (tertiary alicyclic amines) is 1. The first kappa shape index (κ1) is 16.2. The Bertz CT molecular complexity index is 634. The van der Waals surface area contributed by atoms with Crippen LogP contribution in [-0.4, -0.2) is 29.0 Å². The van der Waals surface area contributed by atoms with E-state index < -0.39 is 6.10 Å². The van der Waals surface area contributed by atoms with Gasteiger partial charge in [0.15, 0.2) is 0 Å². The molecule has 0 aromatic heterocycles. The summed E-state index contributed by atoms with van der Waals surface area (Å²) in [6, 6.07) is 7.43. The molecule has 128 valence electrons. The van der Waals surface area contributed by atoms with Crippen LogP contribution in [0.5, 0.6) is 0 Å². The minimum atomic E-state index is -0.468. The van der Waals surface area contributed by atoms with E-state index in [2.05, 4.69) is 12.2 Å². The third-order valence-corrected chi connectivity index (χ3v) is 6.36. The van der Waals surface area contributed by atoms with E-state index in [9.17, 15) is 9.90 Å². The van der Waals surface area contributed by atoms with Gasteiger partial charge in [0.05, 0.1) is 6.10 Å². The van der Waals surface area contributed by atoms with Gasteiger partial charge in [-0.05, 0) is 61.1 Å². The number of aliphatic hydroxyl groups is 1. The van der Waals surface area contributed by atoms with Crippen LogP contribution in [0.1, 0.15) is 37.4 Å². The first-order valence-electron chi connectivity index (χ1n) is 9.02. The van der Waals surface area contributed by atoms with Crippen molar-refractivity contribution in [1.82, 2.24) is 4.90 Å². The average molecular weight is 346 g/mol. The summed E-state index contributed by atoms with van der Waals surface area (Å²) in [6.45, 7) is 1.54. The zero-order valence-corrected chi connectivity index (χ0v) is 14.5. The largest absolute Gasteiger partial charge is 0.388 e. The van der Waals surface area contributed by atoms with E-state index in [1.165, 1.54) is 6.42 Å². The van der Waals surface area contributed by atoms with E-state index in [0.29, 0.717) is 22.8 Å². The highest BCUT2D eigenvalue weighted by Crippen LogP contribution is 2.44. The van der Waals surface area contributed by atoms with Crippen LogP contribution in [0.2, 0.25) is 5.02 Å². The fraction of sp³-hybridized carbons (Fsp3) is 0.550. The third kappa shape index (κ3) is 3.00. The van der Waals surface area contributed by atoms with Crippen molar-refractivity contribution in [3.63, 3.8) is 0 Å². The lowest BCUT2D eigenvalue weighted by atomic mass is 9.86. The number of allylic oxidation sites excluding steroid dienone is 2.